The molecule has 2 rings (SSSR count). The number of hydrogen-bond donors (Lipinski definition) is 1. The van der Waals surface area contributed by atoms with Crippen molar-refractivity contribution in [2.45, 2.75) is 19.4 Å². The van der Waals surface area contributed by atoms with E-state index in [-0.39, 0.29) is 5.91 Å². The van der Waals surface area contributed by atoms with Crippen LogP contribution in [0.2, 0.25) is 0 Å². The predicted molar refractivity (Wildman–Crippen MR) is 68.5 cm³/mol. The van der Waals surface area contributed by atoms with E-state index in [1.54, 1.807) is 4.90 Å². The third-order valence-corrected chi connectivity index (χ3v) is 3.50. The summed E-state index contributed by atoms with van der Waals surface area (Å²) in [5.74, 6) is 1.48. The van der Waals surface area contributed by atoms with E-state index < -0.39 is 0 Å². The number of carbonyl (C=O) groups is 1. The largest absolute Gasteiger partial charge is 0.452 e. The molecule has 2 heterocycles. The first kappa shape index (κ1) is 12.6. The molecule has 1 amide bonds. The molecule has 1 unspecified atom stereocenters. The summed E-state index contributed by atoms with van der Waals surface area (Å²) in [6, 6.07) is 3.72. The normalized spacial score (nSPS) is 19.5. The van der Waals surface area contributed by atoms with Gasteiger partial charge in [-0.3, -0.25) is 4.79 Å². The van der Waals surface area contributed by atoms with Crippen LogP contribution in [0.3, 0.4) is 0 Å². The van der Waals surface area contributed by atoms with Crippen LogP contribution in [-0.2, 0) is 11.3 Å². The molecule has 0 bridgehead atoms. The number of rotatable bonds is 4. The zero-order valence-electron chi connectivity index (χ0n) is 9.91. The van der Waals surface area contributed by atoms with Crippen molar-refractivity contribution in [3.63, 3.8) is 0 Å². The highest BCUT2D eigenvalue weighted by molar-refractivity contribution is 9.10. The molecule has 1 aliphatic heterocycles. The number of amides is 1. The number of hydrogen-bond acceptors (Lipinski definition) is 3. The molecule has 1 N–H and O–H groups in total. The number of nitrogens with one attached hydrogen (secondary N) is 1. The predicted octanol–water partition coefficient (Wildman–Crippen LogP) is 2.00. The van der Waals surface area contributed by atoms with Crippen molar-refractivity contribution in [3.05, 3.63) is 22.6 Å². The van der Waals surface area contributed by atoms with Gasteiger partial charge in [0.1, 0.15) is 5.76 Å². The van der Waals surface area contributed by atoms with E-state index in [1.807, 2.05) is 19.2 Å². The molecule has 1 fully saturated rings. The maximum atomic E-state index is 12.0. The number of halogens is 1. The van der Waals surface area contributed by atoms with Gasteiger partial charge in [0.25, 0.3) is 0 Å². The summed E-state index contributed by atoms with van der Waals surface area (Å²) < 4.78 is 6.09. The molecule has 17 heavy (non-hydrogen) atoms. The summed E-state index contributed by atoms with van der Waals surface area (Å²) in [7, 11) is 1.82. The molecule has 5 heteroatoms. The van der Waals surface area contributed by atoms with Gasteiger partial charge in [0, 0.05) is 13.5 Å². The van der Waals surface area contributed by atoms with Gasteiger partial charge in [0.15, 0.2) is 4.67 Å². The number of nitrogens with zero attached hydrogens (tertiary/aromatic N) is 1. The summed E-state index contributed by atoms with van der Waals surface area (Å²) in [6.45, 7) is 2.53. The highest BCUT2D eigenvalue weighted by Crippen LogP contribution is 2.17. The Balaban J connectivity index is 1.82. The third-order valence-electron chi connectivity index (χ3n) is 3.07. The van der Waals surface area contributed by atoms with Crippen LogP contribution in [-0.4, -0.2) is 30.9 Å². The lowest BCUT2D eigenvalue weighted by atomic mass is 10.0. The maximum Gasteiger partial charge on any atom is 0.223 e. The van der Waals surface area contributed by atoms with Crippen LogP contribution >= 0.6 is 15.9 Å². The second kappa shape index (κ2) is 5.69. The van der Waals surface area contributed by atoms with Gasteiger partial charge in [-0.1, -0.05) is 0 Å². The molecule has 1 aliphatic rings. The summed E-state index contributed by atoms with van der Waals surface area (Å²) >= 11 is 3.25. The SMILES string of the molecule is CN(Cc1ccc(Br)o1)C(=O)CC1CCNC1. The Kier molecular flexibility index (Phi) is 4.23. The standard InChI is InChI=1S/C12H17BrN2O2/c1-15(8-10-2-3-11(13)17-10)12(16)6-9-4-5-14-7-9/h2-3,9,14H,4-8H2,1H3. The lowest BCUT2D eigenvalue weighted by Gasteiger charge is -2.17. The minimum absolute atomic E-state index is 0.186. The van der Waals surface area contributed by atoms with Crippen molar-refractivity contribution < 1.29 is 9.21 Å². The first-order valence-electron chi connectivity index (χ1n) is 5.84. The summed E-state index contributed by atoms with van der Waals surface area (Å²) in [4.78, 5) is 13.7. The van der Waals surface area contributed by atoms with Crippen LogP contribution < -0.4 is 5.32 Å². The minimum atomic E-state index is 0.186. The fourth-order valence-corrected chi connectivity index (χ4v) is 2.39. The molecule has 0 aromatic carbocycles. The Morgan fingerprint density at radius 1 is 1.65 bits per heavy atom. The van der Waals surface area contributed by atoms with Crippen LogP contribution in [0.1, 0.15) is 18.6 Å². The molecule has 1 atom stereocenters. The third kappa shape index (κ3) is 3.57. The summed E-state index contributed by atoms with van der Waals surface area (Å²) in [6.07, 6.45) is 1.73. The van der Waals surface area contributed by atoms with E-state index in [1.165, 1.54) is 0 Å². The quantitative estimate of drug-likeness (QED) is 0.925. The molecular weight excluding hydrogens is 284 g/mol. The van der Waals surface area contributed by atoms with E-state index in [2.05, 4.69) is 21.2 Å². The van der Waals surface area contributed by atoms with E-state index in [0.717, 1.165) is 25.3 Å². The van der Waals surface area contributed by atoms with E-state index >= 15 is 0 Å². The smallest absolute Gasteiger partial charge is 0.223 e. The summed E-state index contributed by atoms with van der Waals surface area (Å²) in [5, 5.41) is 3.27. The zero-order valence-corrected chi connectivity index (χ0v) is 11.5. The molecule has 0 aliphatic carbocycles. The van der Waals surface area contributed by atoms with Gasteiger partial charge in [-0.05, 0) is 53.5 Å². The van der Waals surface area contributed by atoms with Gasteiger partial charge in [-0.2, -0.15) is 0 Å². The second-order valence-electron chi connectivity index (χ2n) is 4.52. The average Bonchev–Trinajstić information content (AvgIpc) is 2.90. The summed E-state index contributed by atoms with van der Waals surface area (Å²) in [5.41, 5.74) is 0. The minimum Gasteiger partial charge on any atom is -0.452 e. The van der Waals surface area contributed by atoms with Crippen molar-refractivity contribution in [2.75, 3.05) is 20.1 Å². The Hall–Kier alpha value is -0.810. The first-order valence-corrected chi connectivity index (χ1v) is 6.63. The monoisotopic (exact) mass is 300 g/mol. The highest BCUT2D eigenvalue weighted by Gasteiger charge is 2.20. The second-order valence-corrected chi connectivity index (χ2v) is 5.30. The molecule has 1 saturated heterocycles. The molecule has 4 nitrogen and oxygen atoms in total. The van der Waals surface area contributed by atoms with Gasteiger partial charge in [0.2, 0.25) is 5.91 Å². The molecule has 0 spiro atoms. The Morgan fingerprint density at radius 2 is 2.47 bits per heavy atom. The molecule has 94 valence electrons. The molecule has 1 aromatic heterocycles. The lowest BCUT2D eigenvalue weighted by Crippen LogP contribution is -2.28. The van der Waals surface area contributed by atoms with Gasteiger partial charge in [-0.25, -0.2) is 0 Å². The fraction of sp³-hybridized carbons (Fsp3) is 0.583. The van der Waals surface area contributed by atoms with Gasteiger partial charge < -0.3 is 14.6 Å². The van der Waals surface area contributed by atoms with Crippen LogP contribution in [0.15, 0.2) is 21.2 Å². The fourth-order valence-electron chi connectivity index (χ4n) is 2.05. The average molecular weight is 301 g/mol. The number of carbonyl (C=O) groups excluding carboxylic acids is 1. The van der Waals surface area contributed by atoms with Crippen molar-refractivity contribution in [1.29, 1.82) is 0 Å². The first-order chi connectivity index (χ1) is 8.15. The van der Waals surface area contributed by atoms with Gasteiger partial charge >= 0.3 is 0 Å². The van der Waals surface area contributed by atoms with Gasteiger partial charge in [-0.15, -0.1) is 0 Å². The van der Waals surface area contributed by atoms with Crippen LogP contribution in [0.25, 0.3) is 0 Å². The van der Waals surface area contributed by atoms with Crippen LogP contribution in [0.4, 0.5) is 0 Å². The molecule has 1 aromatic rings. The van der Waals surface area contributed by atoms with E-state index in [0.29, 0.717) is 23.6 Å². The van der Waals surface area contributed by atoms with Crippen LogP contribution in [0.5, 0.6) is 0 Å². The Bertz CT molecular complexity index is 386. The maximum absolute atomic E-state index is 12.0. The van der Waals surface area contributed by atoms with E-state index in [4.69, 9.17) is 4.42 Å². The topological polar surface area (TPSA) is 45.5 Å². The molecular formula is C12H17BrN2O2. The molecule has 0 saturated carbocycles. The van der Waals surface area contributed by atoms with Crippen molar-refractivity contribution >= 4 is 21.8 Å². The van der Waals surface area contributed by atoms with Crippen molar-refractivity contribution in [1.82, 2.24) is 10.2 Å². The van der Waals surface area contributed by atoms with Crippen molar-refractivity contribution in [3.8, 4) is 0 Å². The molecule has 0 radical (unpaired) electrons. The lowest BCUT2D eigenvalue weighted by molar-refractivity contribution is -0.131. The Morgan fingerprint density at radius 3 is 3.06 bits per heavy atom. The highest BCUT2D eigenvalue weighted by atomic mass is 79.9. The number of furan rings is 1. The van der Waals surface area contributed by atoms with Crippen LogP contribution in [0, 0.1) is 5.92 Å². The van der Waals surface area contributed by atoms with Crippen molar-refractivity contribution in [2.24, 2.45) is 5.92 Å². The Labute approximate surface area is 109 Å². The van der Waals surface area contributed by atoms with E-state index in [9.17, 15) is 4.79 Å². The van der Waals surface area contributed by atoms with Gasteiger partial charge in [0.05, 0.1) is 6.54 Å². The zero-order chi connectivity index (χ0) is 12.3.